The zero-order chi connectivity index (χ0) is 17.5. The molecule has 0 bridgehead atoms. The molecule has 24 heavy (non-hydrogen) atoms. The SMILES string of the molecule is COC(=O)c1ccc(/C=C/C(=O)N2CCC(C(=O)OC)CC2)cc1. The molecule has 0 spiro atoms. The summed E-state index contributed by atoms with van der Waals surface area (Å²) in [6.07, 6.45) is 4.46. The highest BCUT2D eigenvalue weighted by Crippen LogP contribution is 2.19. The van der Waals surface area contributed by atoms with E-state index in [0.29, 0.717) is 31.5 Å². The van der Waals surface area contributed by atoms with E-state index in [0.717, 1.165) is 5.56 Å². The first-order valence-corrected chi connectivity index (χ1v) is 7.78. The molecule has 0 radical (unpaired) electrons. The highest BCUT2D eigenvalue weighted by Gasteiger charge is 2.26. The first kappa shape index (κ1) is 17.7. The van der Waals surface area contributed by atoms with Gasteiger partial charge in [-0.25, -0.2) is 4.79 Å². The van der Waals surface area contributed by atoms with Gasteiger partial charge in [0.25, 0.3) is 0 Å². The summed E-state index contributed by atoms with van der Waals surface area (Å²) >= 11 is 0. The van der Waals surface area contributed by atoms with Crippen LogP contribution in [0.3, 0.4) is 0 Å². The van der Waals surface area contributed by atoms with Crippen LogP contribution in [-0.2, 0) is 19.1 Å². The van der Waals surface area contributed by atoms with Crippen molar-refractivity contribution in [2.24, 2.45) is 5.92 Å². The second-order valence-corrected chi connectivity index (χ2v) is 5.57. The number of esters is 2. The van der Waals surface area contributed by atoms with Gasteiger partial charge in [-0.3, -0.25) is 9.59 Å². The van der Waals surface area contributed by atoms with Gasteiger partial charge in [0.05, 0.1) is 25.7 Å². The van der Waals surface area contributed by atoms with Gasteiger partial charge in [-0.2, -0.15) is 0 Å². The van der Waals surface area contributed by atoms with E-state index in [1.807, 2.05) is 0 Å². The van der Waals surface area contributed by atoms with Crippen LogP contribution in [0.1, 0.15) is 28.8 Å². The van der Waals surface area contributed by atoms with Crippen LogP contribution >= 0.6 is 0 Å². The smallest absolute Gasteiger partial charge is 0.337 e. The zero-order valence-electron chi connectivity index (χ0n) is 13.9. The molecule has 0 aliphatic carbocycles. The van der Waals surface area contributed by atoms with Gasteiger partial charge >= 0.3 is 11.9 Å². The number of hydrogen-bond donors (Lipinski definition) is 0. The van der Waals surface area contributed by atoms with E-state index >= 15 is 0 Å². The van der Waals surface area contributed by atoms with E-state index in [2.05, 4.69) is 4.74 Å². The zero-order valence-corrected chi connectivity index (χ0v) is 13.9. The first-order chi connectivity index (χ1) is 11.5. The summed E-state index contributed by atoms with van der Waals surface area (Å²) in [5, 5.41) is 0. The molecule has 0 aromatic heterocycles. The summed E-state index contributed by atoms with van der Waals surface area (Å²) in [7, 11) is 2.71. The number of carbonyl (C=O) groups is 3. The summed E-state index contributed by atoms with van der Waals surface area (Å²) in [6, 6.07) is 6.80. The second kappa shape index (κ2) is 8.29. The predicted octanol–water partition coefficient (Wildman–Crippen LogP) is 1.90. The number of methoxy groups -OCH3 is 2. The summed E-state index contributed by atoms with van der Waals surface area (Å²) in [5.74, 6) is -0.803. The highest BCUT2D eigenvalue weighted by atomic mass is 16.5. The molecular formula is C18H21NO5. The summed E-state index contributed by atoms with van der Waals surface area (Å²) < 4.78 is 9.37. The number of likely N-dealkylation sites (tertiary alicyclic amines) is 1. The monoisotopic (exact) mass is 331 g/mol. The molecule has 0 N–H and O–H groups in total. The van der Waals surface area contributed by atoms with Gasteiger partial charge in [0.2, 0.25) is 5.91 Å². The van der Waals surface area contributed by atoms with Gasteiger partial charge in [-0.1, -0.05) is 12.1 Å². The Balaban J connectivity index is 1.89. The average molecular weight is 331 g/mol. The fourth-order valence-electron chi connectivity index (χ4n) is 2.62. The fraction of sp³-hybridized carbons (Fsp3) is 0.389. The maximum Gasteiger partial charge on any atom is 0.337 e. The Bertz CT molecular complexity index is 627. The van der Waals surface area contributed by atoms with E-state index in [-0.39, 0.29) is 17.8 Å². The molecule has 1 aromatic carbocycles. The predicted molar refractivity (Wildman–Crippen MR) is 88.1 cm³/mol. The molecule has 1 aromatic rings. The maximum absolute atomic E-state index is 12.2. The molecule has 1 aliphatic rings. The van der Waals surface area contributed by atoms with E-state index < -0.39 is 5.97 Å². The third-order valence-corrected chi connectivity index (χ3v) is 4.09. The van der Waals surface area contributed by atoms with Gasteiger partial charge in [-0.05, 0) is 36.6 Å². The molecular weight excluding hydrogens is 310 g/mol. The van der Waals surface area contributed by atoms with Crippen molar-refractivity contribution in [1.29, 1.82) is 0 Å². The molecule has 1 fully saturated rings. The van der Waals surface area contributed by atoms with Crippen LogP contribution in [-0.4, -0.2) is 50.1 Å². The van der Waals surface area contributed by atoms with E-state index in [9.17, 15) is 14.4 Å². The van der Waals surface area contributed by atoms with Crippen molar-refractivity contribution < 1.29 is 23.9 Å². The van der Waals surface area contributed by atoms with Crippen molar-refractivity contribution >= 4 is 23.9 Å². The lowest BCUT2D eigenvalue weighted by Crippen LogP contribution is -2.39. The molecule has 0 atom stereocenters. The van der Waals surface area contributed by atoms with Crippen LogP contribution in [0.25, 0.3) is 6.08 Å². The Morgan fingerprint density at radius 1 is 1.04 bits per heavy atom. The average Bonchev–Trinajstić information content (AvgIpc) is 2.65. The lowest BCUT2D eigenvalue weighted by molar-refractivity contribution is -0.148. The normalized spacial score (nSPS) is 15.3. The molecule has 1 aliphatic heterocycles. The minimum Gasteiger partial charge on any atom is -0.469 e. The summed E-state index contributed by atoms with van der Waals surface area (Å²) in [6.45, 7) is 1.09. The fourth-order valence-corrected chi connectivity index (χ4v) is 2.62. The minimum atomic E-state index is -0.393. The Hall–Kier alpha value is -2.63. The molecule has 2 rings (SSSR count). The molecule has 1 heterocycles. The van der Waals surface area contributed by atoms with Crippen molar-refractivity contribution in [3.63, 3.8) is 0 Å². The first-order valence-electron chi connectivity index (χ1n) is 7.78. The number of hydrogen-bond acceptors (Lipinski definition) is 5. The third kappa shape index (κ3) is 4.44. The lowest BCUT2D eigenvalue weighted by Gasteiger charge is -2.29. The number of rotatable bonds is 4. The van der Waals surface area contributed by atoms with Crippen LogP contribution in [0, 0.1) is 5.92 Å². The number of ether oxygens (including phenoxy) is 2. The minimum absolute atomic E-state index is 0.0876. The number of piperidine rings is 1. The van der Waals surface area contributed by atoms with E-state index in [1.54, 1.807) is 35.2 Å². The van der Waals surface area contributed by atoms with Crippen LogP contribution in [0.15, 0.2) is 30.3 Å². The Morgan fingerprint density at radius 2 is 1.67 bits per heavy atom. The Kier molecular flexibility index (Phi) is 6.12. The van der Waals surface area contributed by atoms with Gasteiger partial charge in [-0.15, -0.1) is 0 Å². The molecule has 128 valence electrons. The van der Waals surface area contributed by atoms with Crippen molar-refractivity contribution in [2.45, 2.75) is 12.8 Å². The quantitative estimate of drug-likeness (QED) is 0.622. The molecule has 1 saturated heterocycles. The lowest BCUT2D eigenvalue weighted by atomic mass is 9.97. The van der Waals surface area contributed by atoms with Crippen molar-refractivity contribution in [1.82, 2.24) is 4.90 Å². The van der Waals surface area contributed by atoms with Gasteiger partial charge in [0, 0.05) is 19.2 Å². The van der Waals surface area contributed by atoms with Crippen LogP contribution < -0.4 is 0 Å². The van der Waals surface area contributed by atoms with Gasteiger partial charge in [0.1, 0.15) is 0 Å². The standard InChI is InChI=1S/C18H21NO5/c1-23-17(21)14-6-3-13(4-7-14)5-8-16(20)19-11-9-15(10-12-19)18(22)24-2/h3-8,15H,9-12H2,1-2H3/b8-5+. The van der Waals surface area contributed by atoms with Gasteiger partial charge in [0.15, 0.2) is 0 Å². The van der Waals surface area contributed by atoms with Crippen LogP contribution in [0.2, 0.25) is 0 Å². The van der Waals surface area contributed by atoms with Crippen molar-refractivity contribution in [3.8, 4) is 0 Å². The largest absolute Gasteiger partial charge is 0.469 e. The van der Waals surface area contributed by atoms with Gasteiger partial charge < -0.3 is 14.4 Å². The molecule has 6 heteroatoms. The van der Waals surface area contributed by atoms with E-state index in [4.69, 9.17) is 4.74 Å². The summed E-state index contributed by atoms with van der Waals surface area (Å²) in [4.78, 5) is 36.7. The number of benzene rings is 1. The Labute approximate surface area is 141 Å². The van der Waals surface area contributed by atoms with Crippen LogP contribution in [0.5, 0.6) is 0 Å². The Morgan fingerprint density at radius 3 is 2.21 bits per heavy atom. The molecule has 1 amide bonds. The van der Waals surface area contributed by atoms with Crippen molar-refractivity contribution in [2.75, 3.05) is 27.3 Å². The summed E-state index contributed by atoms with van der Waals surface area (Å²) in [5.41, 5.74) is 1.28. The number of carbonyl (C=O) groups excluding carboxylic acids is 3. The topological polar surface area (TPSA) is 72.9 Å². The maximum atomic E-state index is 12.2. The number of amides is 1. The van der Waals surface area contributed by atoms with Crippen LogP contribution in [0.4, 0.5) is 0 Å². The molecule has 0 unspecified atom stereocenters. The van der Waals surface area contributed by atoms with E-state index in [1.165, 1.54) is 20.3 Å². The molecule has 6 nitrogen and oxygen atoms in total. The highest BCUT2D eigenvalue weighted by molar-refractivity contribution is 5.92. The second-order valence-electron chi connectivity index (χ2n) is 5.57. The van der Waals surface area contributed by atoms with Crippen molar-refractivity contribution in [3.05, 3.63) is 41.5 Å². The third-order valence-electron chi connectivity index (χ3n) is 4.09. The molecule has 0 saturated carbocycles. The number of nitrogens with zero attached hydrogens (tertiary/aromatic N) is 1.